The second-order valence-electron chi connectivity index (χ2n) is 9.24. The van der Waals surface area contributed by atoms with Crippen molar-refractivity contribution in [1.29, 1.82) is 0 Å². The first kappa shape index (κ1) is 24.3. The van der Waals surface area contributed by atoms with E-state index in [0.717, 1.165) is 33.0 Å². The van der Waals surface area contributed by atoms with Gasteiger partial charge in [-0.1, -0.05) is 66.2 Å². The van der Waals surface area contributed by atoms with Crippen LogP contribution in [0.4, 0.5) is 0 Å². The zero-order valence-electron chi connectivity index (χ0n) is 19.9. The summed E-state index contributed by atoms with van der Waals surface area (Å²) >= 11 is 6.58. The van der Waals surface area contributed by atoms with Crippen molar-refractivity contribution in [1.82, 2.24) is 0 Å². The number of hydrogen-bond donors (Lipinski definition) is 1. The van der Waals surface area contributed by atoms with Crippen LogP contribution in [0.2, 0.25) is 5.02 Å². The highest BCUT2D eigenvalue weighted by molar-refractivity contribution is 6.31. The van der Waals surface area contributed by atoms with E-state index in [1.165, 1.54) is 0 Å². The fraction of sp³-hybridized carbons (Fsp3) is 0.379. The minimum atomic E-state index is -0.737. The average molecular weight is 495 g/mol. The van der Waals surface area contributed by atoms with E-state index in [4.69, 9.17) is 30.5 Å². The van der Waals surface area contributed by atoms with Gasteiger partial charge in [-0.05, 0) is 53.8 Å². The molecule has 6 heteroatoms. The summed E-state index contributed by atoms with van der Waals surface area (Å²) in [6.07, 6.45) is 0.669. The van der Waals surface area contributed by atoms with Crippen LogP contribution in [0.1, 0.15) is 41.7 Å². The number of benzene rings is 3. The van der Waals surface area contributed by atoms with Crippen LogP contribution in [0.25, 0.3) is 0 Å². The lowest BCUT2D eigenvalue weighted by Crippen LogP contribution is -2.70. The molecule has 2 aliphatic heterocycles. The van der Waals surface area contributed by atoms with E-state index in [1.807, 2.05) is 61.5 Å². The lowest BCUT2D eigenvalue weighted by Gasteiger charge is -2.55. The summed E-state index contributed by atoms with van der Waals surface area (Å²) in [4.78, 5) is 0. The Balaban J connectivity index is 1.34. The van der Waals surface area contributed by atoms with Gasteiger partial charge in [0.1, 0.15) is 17.5 Å². The van der Waals surface area contributed by atoms with Crippen LogP contribution < -0.4 is 4.74 Å². The number of fused-ring (bicyclic) bond motifs is 1. The van der Waals surface area contributed by atoms with Crippen LogP contribution >= 0.6 is 11.6 Å². The second kappa shape index (κ2) is 10.7. The Morgan fingerprint density at radius 3 is 2.51 bits per heavy atom. The molecule has 2 fully saturated rings. The monoisotopic (exact) mass is 494 g/mol. The molecular formula is C29H31ClO5. The molecule has 5 rings (SSSR count). The maximum Gasteiger partial charge on any atom is 0.144 e. The van der Waals surface area contributed by atoms with E-state index in [2.05, 4.69) is 18.2 Å². The summed E-state index contributed by atoms with van der Waals surface area (Å²) in [7, 11) is 0. The van der Waals surface area contributed by atoms with Crippen molar-refractivity contribution in [2.75, 3.05) is 19.8 Å². The highest BCUT2D eigenvalue weighted by Gasteiger charge is 2.58. The molecule has 2 saturated heterocycles. The summed E-state index contributed by atoms with van der Waals surface area (Å²) in [6.45, 7) is 3.37. The fourth-order valence-corrected chi connectivity index (χ4v) is 5.09. The van der Waals surface area contributed by atoms with Gasteiger partial charge in [-0.3, -0.25) is 0 Å². The van der Waals surface area contributed by atoms with Crippen LogP contribution in [0.5, 0.6) is 5.75 Å². The Bertz CT molecular complexity index is 1120. The topological polar surface area (TPSA) is 57.2 Å². The van der Waals surface area contributed by atoms with Gasteiger partial charge in [0, 0.05) is 11.4 Å². The number of aliphatic hydroxyl groups is 1. The SMILES string of the molecule is CCOc1ccc(Cc2cc(C3CC(OCc4ccccc4)[C@@H]4OCC4(CO)O3)ccc2Cl)cc1. The van der Waals surface area contributed by atoms with Gasteiger partial charge >= 0.3 is 0 Å². The summed E-state index contributed by atoms with van der Waals surface area (Å²) in [6, 6.07) is 24.2. The van der Waals surface area contributed by atoms with Crippen LogP contribution in [-0.2, 0) is 27.2 Å². The van der Waals surface area contributed by atoms with E-state index in [0.29, 0.717) is 32.7 Å². The first-order valence-corrected chi connectivity index (χ1v) is 12.5. The van der Waals surface area contributed by atoms with Gasteiger partial charge in [-0.2, -0.15) is 0 Å². The first-order chi connectivity index (χ1) is 17.1. The summed E-state index contributed by atoms with van der Waals surface area (Å²) < 4.78 is 24.1. The highest BCUT2D eigenvalue weighted by Crippen LogP contribution is 2.46. The Morgan fingerprint density at radius 1 is 1.03 bits per heavy atom. The van der Waals surface area contributed by atoms with Crippen molar-refractivity contribution in [3.8, 4) is 5.75 Å². The fourth-order valence-electron chi connectivity index (χ4n) is 4.91. The third kappa shape index (κ3) is 5.25. The highest BCUT2D eigenvalue weighted by atomic mass is 35.5. The molecular weight excluding hydrogens is 464 g/mol. The number of halogens is 1. The summed E-state index contributed by atoms with van der Waals surface area (Å²) in [5.74, 6) is 0.861. The summed E-state index contributed by atoms with van der Waals surface area (Å²) in [5.41, 5.74) is 3.58. The molecule has 0 spiro atoms. The number of hydrogen-bond acceptors (Lipinski definition) is 5. The van der Waals surface area contributed by atoms with Gasteiger partial charge in [0.05, 0.1) is 38.6 Å². The molecule has 0 amide bonds. The average Bonchev–Trinajstić information content (AvgIpc) is 2.87. The normalized spacial score (nSPS) is 25.5. The van der Waals surface area contributed by atoms with E-state index in [1.54, 1.807) is 0 Å². The van der Waals surface area contributed by atoms with Gasteiger partial charge in [0.15, 0.2) is 0 Å². The molecule has 0 bridgehead atoms. The lowest BCUT2D eigenvalue weighted by atomic mass is 9.81. The van der Waals surface area contributed by atoms with Gasteiger partial charge in [0.25, 0.3) is 0 Å². The molecule has 0 saturated carbocycles. The van der Waals surface area contributed by atoms with Crippen LogP contribution in [0.15, 0.2) is 72.8 Å². The molecule has 2 heterocycles. The maximum absolute atomic E-state index is 10.2. The molecule has 3 aromatic carbocycles. The molecule has 2 aliphatic rings. The first-order valence-electron chi connectivity index (χ1n) is 12.2. The Morgan fingerprint density at radius 2 is 1.83 bits per heavy atom. The van der Waals surface area contributed by atoms with E-state index in [9.17, 15) is 5.11 Å². The minimum absolute atomic E-state index is 0.105. The van der Waals surface area contributed by atoms with Gasteiger partial charge in [-0.25, -0.2) is 0 Å². The predicted molar refractivity (Wildman–Crippen MR) is 135 cm³/mol. The third-order valence-corrected chi connectivity index (χ3v) is 7.20. The predicted octanol–water partition coefficient (Wildman–Crippen LogP) is 5.51. The molecule has 0 radical (unpaired) electrons. The molecule has 3 unspecified atom stereocenters. The standard InChI is InChI=1S/C29H31ClO5/c1-2-32-24-11-8-20(9-12-24)14-23-15-22(10-13-25(23)30)26-16-27(28-29(18-31,35-26)19-34-28)33-17-21-6-4-3-5-7-21/h3-13,15,26-28,31H,2,14,16-19H2,1H3/t26?,27?,28-,29?/m0/s1. The molecule has 5 nitrogen and oxygen atoms in total. The van der Waals surface area contributed by atoms with E-state index < -0.39 is 5.60 Å². The number of rotatable bonds is 9. The smallest absolute Gasteiger partial charge is 0.144 e. The van der Waals surface area contributed by atoms with Crippen LogP contribution in [0.3, 0.4) is 0 Å². The van der Waals surface area contributed by atoms with E-state index >= 15 is 0 Å². The minimum Gasteiger partial charge on any atom is -0.494 e. The summed E-state index contributed by atoms with van der Waals surface area (Å²) in [5, 5.41) is 10.9. The molecule has 35 heavy (non-hydrogen) atoms. The van der Waals surface area contributed by atoms with Crippen molar-refractivity contribution in [3.63, 3.8) is 0 Å². The quantitative estimate of drug-likeness (QED) is 0.425. The molecule has 0 aliphatic carbocycles. The van der Waals surface area contributed by atoms with Crippen molar-refractivity contribution in [2.45, 2.75) is 50.3 Å². The molecule has 0 aromatic heterocycles. The van der Waals surface area contributed by atoms with Gasteiger partial charge < -0.3 is 24.1 Å². The zero-order valence-corrected chi connectivity index (χ0v) is 20.6. The maximum atomic E-state index is 10.2. The second-order valence-corrected chi connectivity index (χ2v) is 9.64. The molecule has 4 atom stereocenters. The van der Waals surface area contributed by atoms with Gasteiger partial charge in [0.2, 0.25) is 0 Å². The molecule has 3 aromatic rings. The third-order valence-electron chi connectivity index (χ3n) is 6.83. The number of ether oxygens (including phenoxy) is 4. The molecule has 184 valence electrons. The van der Waals surface area contributed by atoms with Crippen molar-refractivity contribution < 1.29 is 24.1 Å². The van der Waals surface area contributed by atoms with E-state index in [-0.39, 0.29) is 24.9 Å². The Kier molecular flexibility index (Phi) is 7.42. The van der Waals surface area contributed by atoms with Crippen LogP contribution in [-0.4, -0.2) is 42.7 Å². The van der Waals surface area contributed by atoms with Crippen LogP contribution in [0, 0.1) is 0 Å². The van der Waals surface area contributed by atoms with Crippen molar-refractivity contribution in [2.24, 2.45) is 0 Å². The lowest BCUT2D eigenvalue weighted by molar-refractivity contribution is -0.347. The van der Waals surface area contributed by atoms with Gasteiger partial charge in [-0.15, -0.1) is 0 Å². The number of aliphatic hydroxyl groups excluding tert-OH is 1. The Hall–Kier alpha value is -2.41. The van der Waals surface area contributed by atoms with Crippen molar-refractivity contribution >= 4 is 11.6 Å². The Labute approximate surface area is 211 Å². The molecule has 1 N–H and O–H groups in total. The largest absolute Gasteiger partial charge is 0.494 e. The van der Waals surface area contributed by atoms with Crippen molar-refractivity contribution in [3.05, 3.63) is 100 Å². The zero-order chi connectivity index (χ0) is 24.3.